The molecular formula is C20H15ClF3N3O. The second kappa shape index (κ2) is 6.98. The Balaban J connectivity index is 1.67. The Labute approximate surface area is 163 Å². The van der Waals surface area contributed by atoms with Crippen molar-refractivity contribution < 1.29 is 18.0 Å². The molecule has 1 aromatic heterocycles. The molecule has 0 saturated heterocycles. The van der Waals surface area contributed by atoms with Gasteiger partial charge in [-0.25, -0.2) is 0 Å². The number of nitrogens with one attached hydrogen (secondary N) is 2. The van der Waals surface area contributed by atoms with Gasteiger partial charge in [0.1, 0.15) is 5.69 Å². The molecule has 1 aliphatic carbocycles. The molecule has 2 N–H and O–H groups in total. The van der Waals surface area contributed by atoms with Crippen molar-refractivity contribution in [2.24, 2.45) is 0 Å². The number of amides is 1. The van der Waals surface area contributed by atoms with Crippen molar-refractivity contribution >= 4 is 23.2 Å². The van der Waals surface area contributed by atoms with Crippen LogP contribution in [0.15, 0.2) is 48.5 Å². The molecule has 1 aliphatic rings. The van der Waals surface area contributed by atoms with Crippen molar-refractivity contribution in [3.63, 3.8) is 0 Å². The SMILES string of the molecule is O=C(Nc1c(-c2ccc(C(F)(F)F)cc2)n[nH]c1C1CC1)c1ccc(Cl)cc1. The molecule has 4 rings (SSSR count). The lowest BCUT2D eigenvalue weighted by Gasteiger charge is -2.10. The quantitative estimate of drug-likeness (QED) is 0.569. The summed E-state index contributed by atoms with van der Waals surface area (Å²) in [5.74, 6) is -0.0793. The first kappa shape index (κ1) is 18.6. The maximum atomic E-state index is 12.8. The van der Waals surface area contributed by atoms with E-state index in [0.717, 1.165) is 30.7 Å². The van der Waals surface area contributed by atoms with Crippen molar-refractivity contribution in [3.8, 4) is 11.3 Å². The highest BCUT2D eigenvalue weighted by atomic mass is 35.5. The van der Waals surface area contributed by atoms with Gasteiger partial charge in [-0.1, -0.05) is 23.7 Å². The van der Waals surface area contributed by atoms with Gasteiger partial charge in [-0.3, -0.25) is 9.89 Å². The van der Waals surface area contributed by atoms with E-state index in [2.05, 4.69) is 15.5 Å². The lowest BCUT2D eigenvalue weighted by molar-refractivity contribution is -0.137. The summed E-state index contributed by atoms with van der Waals surface area (Å²) in [6, 6.07) is 11.2. The molecule has 4 nitrogen and oxygen atoms in total. The number of carbonyl (C=O) groups is 1. The molecule has 0 radical (unpaired) electrons. The first-order chi connectivity index (χ1) is 13.3. The standard InChI is InChI=1S/C20H15ClF3N3O/c21-15-9-5-13(6-10-15)19(28)25-18-16(11-1-2-11)26-27-17(18)12-3-7-14(8-4-12)20(22,23)24/h3-11H,1-2H2,(H,25,28)(H,26,27). The zero-order chi connectivity index (χ0) is 19.9. The Bertz CT molecular complexity index is 1010. The van der Waals surface area contributed by atoms with Crippen LogP contribution in [-0.4, -0.2) is 16.1 Å². The molecule has 1 saturated carbocycles. The van der Waals surface area contributed by atoms with Gasteiger partial charge >= 0.3 is 6.18 Å². The molecule has 0 unspecified atom stereocenters. The Morgan fingerprint density at radius 2 is 1.71 bits per heavy atom. The largest absolute Gasteiger partial charge is 0.416 e. The van der Waals surface area contributed by atoms with Crippen molar-refractivity contribution in [2.75, 3.05) is 5.32 Å². The highest BCUT2D eigenvalue weighted by Crippen LogP contribution is 2.45. The molecule has 0 spiro atoms. The number of H-pyrrole nitrogens is 1. The summed E-state index contributed by atoms with van der Waals surface area (Å²) in [6.45, 7) is 0. The molecule has 0 bridgehead atoms. The molecule has 2 aromatic carbocycles. The van der Waals surface area contributed by atoms with Crippen LogP contribution in [0, 0.1) is 0 Å². The molecule has 1 amide bonds. The van der Waals surface area contributed by atoms with Crippen LogP contribution < -0.4 is 5.32 Å². The van der Waals surface area contributed by atoms with Gasteiger partial charge in [-0.05, 0) is 49.2 Å². The molecule has 1 heterocycles. The van der Waals surface area contributed by atoms with E-state index in [4.69, 9.17) is 11.6 Å². The fourth-order valence-corrected chi connectivity index (χ4v) is 3.09. The molecular weight excluding hydrogens is 391 g/mol. The minimum Gasteiger partial charge on any atom is -0.319 e. The minimum absolute atomic E-state index is 0.260. The minimum atomic E-state index is -4.41. The number of aromatic amines is 1. The van der Waals surface area contributed by atoms with Crippen LogP contribution in [0.2, 0.25) is 5.02 Å². The van der Waals surface area contributed by atoms with Gasteiger partial charge in [-0.15, -0.1) is 0 Å². The average molecular weight is 406 g/mol. The number of alkyl halides is 3. The topological polar surface area (TPSA) is 57.8 Å². The Morgan fingerprint density at radius 1 is 1.07 bits per heavy atom. The maximum Gasteiger partial charge on any atom is 0.416 e. The fraction of sp³-hybridized carbons (Fsp3) is 0.200. The number of hydrogen-bond donors (Lipinski definition) is 2. The smallest absolute Gasteiger partial charge is 0.319 e. The van der Waals surface area contributed by atoms with Crippen LogP contribution in [0.3, 0.4) is 0 Å². The molecule has 1 fully saturated rings. The van der Waals surface area contributed by atoms with Crippen LogP contribution in [-0.2, 0) is 6.18 Å². The zero-order valence-corrected chi connectivity index (χ0v) is 15.2. The van der Waals surface area contributed by atoms with Gasteiger partial charge in [0, 0.05) is 22.1 Å². The van der Waals surface area contributed by atoms with Gasteiger partial charge in [0.25, 0.3) is 5.91 Å². The van der Waals surface area contributed by atoms with Gasteiger partial charge in [-0.2, -0.15) is 18.3 Å². The first-order valence-electron chi connectivity index (χ1n) is 8.66. The third-order valence-corrected chi connectivity index (χ3v) is 4.86. The number of nitrogens with zero attached hydrogens (tertiary/aromatic N) is 1. The number of aromatic nitrogens is 2. The first-order valence-corrected chi connectivity index (χ1v) is 9.03. The van der Waals surface area contributed by atoms with E-state index in [9.17, 15) is 18.0 Å². The summed E-state index contributed by atoms with van der Waals surface area (Å²) in [5, 5.41) is 10.6. The van der Waals surface area contributed by atoms with Crippen molar-refractivity contribution in [3.05, 3.63) is 70.4 Å². The number of rotatable bonds is 4. The highest BCUT2D eigenvalue weighted by Gasteiger charge is 2.32. The van der Waals surface area contributed by atoms with Crippen LogP contribution in [0.25, 0.3) is 11.3 Å². The predicted octanol–water partition coefficient (Wildman–Crippen LogP) is 5.88. The molecule has 0 atom stereocenters. The molecule has 144 valence electrons. The third-order valence-electron chi connectivity index (χ3n) is 4.61. The van der Waals surface area contributed by atoms with Crippen LogP contribution in [0.5, 0.6) is 0 Å². The zero-order valence-electron chi connectivity index (χ0n) is 14.5. The van der Waals surface area contributed by atoms with E-state index in [1.807, 2.05) is 0 Å². The van der Waals surface area contributed by atoms with Gasteiger partial charge < -0.3 is 5.32 Å². The molecule has 0 aliphatic heterocycles. The Morgan fingerprint density at radius 3 is 2.29 bits per heavy atom. The Kier molecular flexibility index (Phi) is 4.63. The predicted molar refractivity (Wildman–Crippen MR) is 100 cm³/mol. The Hall–Kier alpha value is -2.80. The normalized spacial score (nSPS) is 14.1. The van der Waals surface area contributed by atoms with Crippen molar-refractivity contribution in [2.45, 2.75) is 24.9 Å². The molecule has 28 heavy (non-hydrogen) atoms. The summed E-state index contributed by atoms with van der Waals surface area (Å²) in [7, 11) is 0. The van der Waals surface area contributed by atoms with Gasteiger partial charge in [0.05, 0.1) is 16.9 Å². The second-order valence-corrected chi connectivity index (χ2v) is 7.11. The molecule has 8 heteroatoms. The third kappa shape index (κ3) is 3.75. The van der Waals surface area contributed by atoms with Crippen molar-refractivity contribution in [1.82, 2.24) is 10.2 Å². The van der Waals surface area contributed by atoms with E-state index < -0.39 is 11.7 Å². The van der Waals surface area contributed by atoms with Crippen LogP contribution in [0.1, 0.15) is 40.4 Å². The lowest BCUT2D eigenvalue weighted by atomic mass is 10.1. The van der Waals surface area contributed by atoms with E-state index in [-0.39, 0.29) is 11.8 Å². The number of hydrogen-bond acceptors (Lipinski definition) is 2. The second-order valence-electron chi connectivity index (χ2n) is 6.67. The summed E-state index contributed by atoms with van der Waals surface area (Å²) < 4.78 is 38.5. The lowest BCUT2D eigenvalue weighted by Crippen LogP contribution is -2.13. The van der Waals surface area contributed by atoms with E-state index in [1.165, 1.54) is 12.1 Å². The van der Waals surface area contributed by atoms with E-state index in [0.29, 0.717) is 27.5 Å². The number of halogens is 4. The monoisotopic (exact) mass is 405 g/mol. The summed E-state index contributed by atoms with van der Waals surface area (Å²) in [6.07, 6.45) is -2.47. The van der Waals surface area contributed by atoms with Gasteiger partial charge in [0.15, 0.2) is 0 Å². The summed E-state index contributed by atoms with van der Waals surface area (Å²) in [5.41, 5.74) is 1.88. The number of benzene rings is 2. The number of carbonyl (C=O) groups excluding carboxylic acids is 1. The summed E-state index contributed by atoms with van der Waals surface area (Å²) in [4.78, 5) is 12.6. The number of anilines is 1. The molecule has 3 aromatic rings. The van der Waals surface area contributed by atoms with Gasteiger partial charge in [0.2, 0.25) is 0 Å². The van der Waals surface area contributed by atoms with E-state index >= 15 is 0 Å². The fourth-order valence-electron chi connectivity index (χ4n) is 2.96. The van der Waals surface area contributed by atoms with Crippen LogP contribution >= 0.6 is 11.6 Å². The average Bonchev–Trinajstić information content (AvgIpc) is 3.42. The highest BCUT2D eigenvalue weighted by molar-refractivity contribution is 6.30. The maximum absolute atomic E-state index is 12.8. The van der Waals surface area contributed by atoms with E-state index in [1.54, 1.807) is 24.3 Å². The van der Waals surface area contributed by atoms with Crippen LogP contribution in [0.4, 0.5) is 18.9 Å². The summed E-state index contributed by atoms with van der Waals surface area (Å²) >= 11 is 5.86. The van der Waals surface area contributed by atoms with Crippen molar-refractivity contribution in [1.29, 1.82) is 0 Å².